The Kier molecular flexibility index (Phi) is 4.55. The third-order valence-electron chi connectivity index (χ3n) is 4.07. The van der Waals surface area contributed by atoms with Crippen molar-refractivity contribution < 1.29 is 23.5 Å². The maximum absolute atomic E-state index is 13.7. The van der Waals surface area contributed by atoms with Crippen molar-refractivity contribution in [1.29, 1.82) is 0 Å². The number of aromatic amines is 1. The summed E-state index contributed by atoms with van der Waals surface area (Å²) in [5.41, 5.74) is -0.592. The number of hydrogen-bond acceptors (Lipinski definition) is 4. The third kappa shape index (κ3) is 3.39. The van der Waals surface area contributed by atoms with Gasteiger partial charge >= 0.3 is 5.69 Å². The molecule has 1 N–H and O–H groups in total. The number of nitrogens with zero attached hydrogens (tertiary/aromatic N) is 3. The predicted molar refractivity (Wildman–Crippen MR) is 84.1 cm³/mol. The summed E-state index contributed by atoms with van der Waals surface area (Å²) >= 11 is 0. The Balaban J connectivity index is 1.67. The van der Waals surface area contributed by atoms with Gasteiger partial charge in [0.1, 0.15) is 30.3 Å². The van der Waals surface area contributed by atoms with Gasteiger partial charge in [-0.2, -0.15) is 0 Å². The molecule has 0 atom stereocenters. The van der Waals surface area contributed by atoms with Crippen molar-refractivity contribution in [1.82, 2.24) is 4.90 Å². The normalized spacial score (nSPS) is 14.5. The first-order chi connectivity index (χ1) is 12.0. The molecule has 7 nitrogen and oxygen atoms in total. The van der Waals surface area contributed by atoms with Gasteiger partial charge in [-0.25, -0.2) is 13.8 Å². The fourth-order valence-corrected chi connectivity index (χ4v) is 2.73. The van der Waals surface area contributed by atoms with E-state index in [4.69, 9.17) is 0 Å². The van der Waals surface area contributed by atoms with E-state index in [9.17, 15) is 23.7 Å². The lowest BCUT2D eigenvalue weighted by molar-refractivity contribution is -0.414. The van der Waals surface area contributed by atoms with Crippen LogP contribution in [0.5, 0.6) is 0 Å². The van der Waals surface area contributed by atoms with E-state index < -0.39 is 28.0 Å². The summed E-state index contributed by atoms with van der Waals surface area (Å²) in [4.78, 5) is 28.7. The molecule has 1 fully saturated rings. The highest BCUT2D eigenvalue weighted by atomic mass is 19.1. The van der Waals surface area contributed by atoms with Crippen molar-refractivity contribution in [3.8, 4) is 0 Å². The Bertz CT molecular complexity index is 785. The summed E-state index contributed by atoms with van der Waals surface area (Å²) in [5, 5.41) is 10.7. The minimum Gasteiger partial charge on any atom is -0.331 e. The van der Waals surface area contributed by atoms with Crippen LogP contribution in [-0.4, -0.2) is 41.9 Å². The monoisotopic (exact) mass is 349 g/mol. The second kappa shape index (κ2) is 6.80. The van der Waals surface area contributed by atoms with Crippen LogP contribution in [0.1, 0.15) is 10.4 Å². The molecule has 25 heavy (non-hydrogen) atoms. The van der Waals surface area contributed by atoms with E-state index in [2.05, 4.69) is 4.98 Å². The highest BCUT2D eigenvalue weighted by Gasteiger charge is 2.29. The lowest BCUT2D eigenvalue weighted by atomic mass is 10.1. The number of amides is 1. The fourth-order valence-electron chi connectivity index (χ4n) is 2.73. The number of carbonyl (C=O) groups is 1. The number of anilines is 1. The molecule has 1 aromatic heterocycles. The quantitative estimate of drug-likeness (QED) is 0.623. The van der Waals surface area contributed by atoms with Gasteiger partial charge in [0.15, 0.2) is 6.20 Å². The molecule has 3 rings (SSSR count). The third-order valence-corrected chi connectivity index (χ3v) is 4.07. The van der Waals surface area contributed by atoms with Crippen LogP contribution in [0.3, 0.4) is 0 Å². The minimum absolute atomic E-state index is 0.0485. The van der Waals surface area contributed by atoms with E-state index in [-0.39, 0.29) is 18.8 Å². The molecule has 1 aliphatic heterocycles. The Labute approximate surface area is 141 Å². The van der Waals surface area contributed by atoms with Crippen LogP contribution in [0.25, 0.3) is 0 Å². The van der Waals surface area contributed by atoms with E-state index >= 15 is 0 Å². The summed E-state index contributed by atoms with van der Waals surface area (Å²) < 4.78 is 27.5. The first-order valence-corrected chi connectivity index (χ1v) is 7.62. The average Bonchev–Trinajstić information content (AvgIpc) is 2.61. The molecule has 0 saturated carbocycles. The van der Waals surface area contributed by atoms with Crippen LogP contribution < -0.4 is 9.88 Å². The minimum atomic E-state index is -0.879. The lowest BCUT2D eigenvalue weighted by Crippen LogP contribution is -2.50. The second-order valence-electron chi connectivity index (χ2n) is 5.57. The molecule has 0 spiro atoms. The number of nitro groups is 1. The zero-order chi connectivity index (χ0) is 18.0. The Morgan fingerprint density at radius 3 is 2.24 bits per heavy atom. The van der Waals surface area contributed by atoms with Gasteiger partial charge in [0.05, 0.1) is 18.0 Å². The van der Waals surface area contributed by atoms with Crippen LogP contribution in [0, 0.1) is 21.7 Å². The largest absolute Gasteiger partial charge is 0.331 e. The first kappa shape index (κ1) is 16.7. The highest BCUT2D eigenvalue weighted by Crippen LogP contribution is 2.18. The van der Waals surface area contributed by atoms with Gasteiger partial charge in [0.25, 0.3) is 11.7 Å². The number of piperazine rings is 1. The molecular formula is C16H15F2N4O3+. The number of pyridine rings is 1. The Morgan fingerprint density at radius 1 is 1.08 bits per heavy atom. The smallest absolute Gasteiger partial charge is 0.308 e. The summed E-state index contributed by atoms with van der Waals surface area (Å²) in [6.45, 7) is 1.46. The molecular weight excluding hydrogens is 334 g/mol. The van der Waals surface area contributed by atoms with Crippen LogP contribution in [0.15, 0.2) is 36.5 Å². The predicted octanol–water partition coefficient (Wildman–Crippen LogP) is 1.65. The SMILES string of the molecule is O=C(c1c(F)cccc1F)N1CCN(c2ccc([N+](=O)[O-])c[nH+]2)CC1. The highest BCUT2D eigenvalue weighted by molar-refractivity contribution is 5.95. The molecule has 9 heteroatoms. The van der Waals surface area contributed by atoms with E-state index in [0.717, 1.165) is 12.1 Å². The van der Waals surface area contributed by atoms with Crippen molar-refractivity contribution in [2.24, 2.45) is 0 Å². The van der Waals surface area contributed by atoms with Crippen molar-refractivity contribution in [3.05, 3.63) is 63.8 Å². The van der Waals surface area contributed by atoms with Gasteiger partial charge in [0.2, 0.25) is 0 Å². The van der Waals surface area contributed by atoms with Crippen molar-refractivity contribution >= 4 is 17.4 Å². The average molecular weight is 349 g/mol. The molecule has 0 bridgehead atoms. The number of H-pyrrole nitrogens is 1. The second-order valence-corrected chi connectivity index (χ2v) is 5.57. The van der Waals surface area contributed by atoms with Gasteiger partial charge < -0.3 is 4.90 Å². The number of hydrogen-bond donors (Lipinski definition) is 0. The zero-order valence-corrected chi connectivity index (χ0v) is 13.1. The number of nitrogens with one attached hydrogen (secondary N) is 1. The fraction of sp³-hybridized carbons (Fsp3) is 0.250. The van der Waals surface area contributed by atoms with Crippen LogP contribution in [0.2, 0.25) is 0 Å². The van der Waals surface area contributed by atoms with E-state index in [1.807, 2.05) is 4.90 Å². The molecule has 0 unspecified atom stereocenters. The van der Waals surface area contributed by atoms with Crippen LogP contribution >= 0.6 is 0 Å². The molecule has 2 aromatic rings. The van der Waals surface area contributed by atoms with E-state index in [1.54, 1.807) is 6.07 Å². The summed E-state index contributed by atoms with van der Waals surface area (Å²) in [6, 6.07) is 6.30. The van der Waals surface area contributed by atoms with Gasteiger partial charge in [-0.15, -0.1) is 0 Å². The molecule has 0 radical (unpaired) electrons. The maximum atomic E-state index is 13.7. The number of rotatable bonds is 3. The standard InChI is InChI=1S/C16H14F2N4O3/c17-12-2-1-3-13(18)15(12)16(23)21-8-6-20(7-9-21)14-5-4-11(10-19-14)22(24)25/h1-5,10H,6-9H2/p+1. The zero-order valence-electron chi connectivity index (χ0n) is 13.1. The first-order valence-electron chi connectivity index (χ1n) is 7.62. The molecule has 1 aromatic carbocycles. The summed E-state index contributed by atoms with van der Waals surface area (Å²) in [5.74, 6) is -1.76. The molecule has 0 aliphatic carbocycles. The Hall–Kier alpha value is -3.10. The van der Waals surface area contributed by atoms with Crippen LogP contribution in [-0.2, 0) is 0 Å². The summed E-state index contributed by atoms with van der Waals surface area (Å²) in [6.07, 6.45) is 1.29. The van der Waals surface area contributed by atoms with E-state index in [0.29, 0.717) is 18.9 Å². The van der Waals surface area contributed by atoms with Crippen LogP contribution in [0.4, 0.5) is 20.3 Å². The summed E-state index contributed by atoms with van der Waals surface area (Å²) in [7, 11) is 0. The van der Waals surface area contributed by atoms with Crippen molar-refractivity contribution in [2.75, 3.05) is 31.1 Å². The number of halogens is 2. The number of aromatic nitrogens is 1. The number of benzene rings is 1. The Morgan fingerprint density at radius 2 is 1.72 bits per heavy atom. The molecule has 1 amide bonds. The molecule has 1 aliphatic rings. The topological polar surface area (TPSA) is 80.8 Å². The van der Waals surface area contributed by atoms with Gasteiger partial charge in [-0.05, 0) is 12.1 Å². The number of carbonyl (C=O) groups excluding carboxylic acids is 1. The molecule has 1 saturated heterocycles. The van der Waals surface area contributed by atoms with Gasteiger partial charge in [-0.1, -0.05) is 6.07 Å². The lowest BCUT2D eigenvalue weighted by Gasteiger charge is -2.31. The molecule has 130 valence electrons. The van der Waals surface area contributed by atoms with Gasteiger partial charge in [0, 0.05) is 12.1 Å². The van der Waals surface area contributed by atoms with Crippen molar-refractivity contribution in [3.63, 3.8) is 0 Å². The van der Waals surface area contributed by atoms with Crippen molar-refractivity contribution in [2.45, 2.75) is 0 Å². The van der Waals surface area contributed by atoms with E-state index in [1.165, 1.54) is 23.2 Å². The van der Waals surface area contributed by atoms with Gasteiger partial charge in [-0.3, -0.25) is 19.8 Å². The maximum Gasteiger partial charge on any atom is 0.308 e. The molecule has 2 heterocycles.